The quantitative estimate of drug-likeness (QED) is 0.161. The molecule has 302 valence electrons. The van der Waals surface area contributed by atoms with Gasteiger partial charge in [0.25, 0.3) is 0 Å². The van der Waals surface area contributed by atoms with E-state index in [1.807, 2.05) is 0 Å². The van der Waals surface area contributed by atoms with Crippen LogP contribution in [-0.2, 0) is 24.7 Å². The molecule has 0 amide bonds. The Balaban J connectivity index is 1.46. The van der Waals surface area contributed by atoms with Crippen LogP contribution in [-0.4, -0.2) is 9.97 Å². The van der Waals surface area contributed by atoms with Crippen molar-refractivity contribution >= 4 is 21.5 Å². The first-order chi connectivity index (χ1) is 28.3. The van der Waals surface area contributed by atoms with Crippen LogP contribution in [0.25, 0.3) is 77.7 Å². The Bertz CT molecular complexity index is 2670. The SMILES string of the molecule is FC(F)(F)c1ccc(-c2nc(-c3nc(-c4ccc(C(F)(F)F)cc4)c(-c4ccc(C(F)(F)F)cc4)c4ccccc34)c3ccccc3c2-c2ccc(C(F)(F)F)cc2)cc1. The van der Waals surface area contributed by atoms with Crippen molar-refractivity contribution in [2.45, 2.75) is 24.7 Å². The Hall–Kier alpha value is -6.70. The summed E-state index contributed by atoms with van der Waals surface area (Å²) >= 11 is 0. The molecule has 8 aromatic rings. The third-order valence-corrected chi connectivity index (χ3v) is 10.0. The maximum absolute atomic E-state index is 13.7. The highest BCUT2D eigenvalue weighted by atomic mass is 19.4. The minimum atomic E-state index is -4.69. The fourth-order valence-electron chi connectivity index (χ4n) is 7.18. The minimum Gasteiger partial charge on any atom is -0.245 e. The van der Waals surface area contributed by atoms with Gasteiger partial charge in [-0.15, -0.1) is 0 Å². The summed E-state index contributed by atoms with van der Waals surface area (Å²) in [7, 11) is 0. The van der Waals surface area contributed by atoms with Crippen molar-refractivity contribution in [1.82, 2.24) is 9.97 Å². The zero-order chi connectivity index (χ0) is 42.8. The monoisotopic (exact) mass is 832 g/mol. The fourth-order valence-corrected chi connectivity index (χ4v) is 7.18. The van der Waals surface area contributed by atoms with Crippen molar-refractivity contribution in [3.05, 3.63) is 168 Å². The van der Waals surface area contributed by atoms with Crippen LogP contribution in [0.4, 0.5) is 52.7 Å². The molecule has 60 heavy (non-hydrogen) atoms. The molecule has 2 nitrogen and oxygen atoms in total. The number of alkyl halides is 12. The Morgan fingerprint density at radius 2 is 0.483 bits per heavy atom. The number of benzene rings is 6. The highest BCUT2D eigenvalue weighted by Crippen LogP contribution is 2.47. The summed E-state index contributed by atoms with van der Waals surface area (Å²) < 4.78 is 164. The number of aromatic nitrogens is 2. The van der Waals surface area contributed by atoms with Gasteiger partial charge >= 0.3 is 24.7 Å². The molecule has 0 saturated carbocycles. The minimum absolute atomic E-state index is 0.0750. The number of pyridine rings is 2. The second-order valence-corrected chi connectivity index (χ2v) is 13.8. The second-order valence-electron chi connectivity index (χ2n) is 13.8. The van der Waals surface area contributed by atoms with Crippen LogP contribution >= 0.6 is 0 Å². The average Bonchev–Trinajstić information content (AvgIpc) is 3.21. The van der Waals surface area contributed by atoms with Crippen LogP contribution in [0.3, 0.4) is 0 Å². The summed E-state index contributed by atoms with van der Waals surface area (Å²) in [5.41, 5.74) is -1.91. The summed E-state index contributed by atoms with van der Waals surface area (Å²) in [6, 6.07) is 29.8. The molecule has 0 N–H and O–H groups in total. The molecule has 2 aromatic heterocycles. The normalized spacial score (nSPS) is 12.7. The van der Waals surface area contributed by atoms with Gasteiger partial charge in [-0.2, -0.15) is 52.7 Å². The van der Waals surface area contributed by atoms with E-state index in [1.165, 1.54) is 48.5 Å². The number of hydrogen-bond donors (Lipinski definition) is 0. The van der Waals surface area contributed by atoms with E-state index in [9.17, 15) is 52.7 Å². The molecule has 0 unspecified atom stereocenters. The van der Waals surface area contributed by atoms with Gasteiger partial charge in [0.05, 0.1) is 45.0 Å². The number of hydrogen-bond acceptors (Lipinski definition) is 2. The van der Waals surface area contributed by atoms with E-state index >= 15 is 0 Å². The Morgan fingerprint density at radius 3 is 0.733 bits per heavy atom. The summed E-state index contributed by atoms with van der Waals surface area (Å²) in [5, 5.41) is 1.65. The van der Waals surface area contributed by atoms with E-state index in [4.69, 9.17) is 9.97 Å². The van der Waals surface area contributed by atoms with Gasteiger partial charge in [0.1, 0.15) is 0 Å². The van der Waals surface area contributed by atoms with Gasteiger partial charge in [-0.1, -0.05) is 97.1 Å². The molecular weight excluding hydrogens is 808 g/mol. The van der Waals surface area contributed by atoms with Crippen molar-refractivity contribution < 1.29 is 52.7 Å². The van der Waals surface area contributed by atoms with Gasteiger partial charge < -0.3 is 0 Å². The Labute approximate surface area is 332 Å². The molecular formula is C46H24F12N2. The van der Waals surface area contributed by atoms with Crippen molar-refractivity contribution in [2.24, 2.45) is 0 Å². The Morgan fingerprint density at radius 1 is 0.250 bits per heavy atom. The Kier molecular flexibility index (Phi) is 9.72. The summed E-state index contributed by atoms with van der Waals surface area (Å²) in [5.74, 6) is 0. The summed E-state index contributed by atoms with van der Waals surface area (Å²) in [4.78, 5) is 10.0. The van der Waals surface area contributed by atoms with Crippen LogP contribution in [0.15, 0.2) is 146 Å². The summed E-state index contributed by atoms with van der Waals surface area (Å²) in [6.45, 7) is 0. The van der Waals surface area contributed by atoms with E-state index in [0.29, 0.717) is 21.5 Å². The molecule has 0 aliphatic rings. The van der Waals surface area contributed by atoms with Gasteiger partial charge in [0, 0.05) is 33.0 Å². The van der Waals surface area contributed by atoms with Crippen LogP contribution in [0.5, 0.6) is 0 Å². The topological polar surface area (TPSA) is 25.8 Å². The molecule has 0 saturated heterocycles. The molecule has 0 aliphatic heterocycles. The molecule has 2 heterocycles. The first kappa shape index (κ1) is 40.1. The van der Waals surface area contributed by atoms with Crippen LogP contribution < -0.4 is 0 Å². The molecule has 0 bridgehead atoms. The van der Waals surface area contributed by atoms with Crippen molar-refractivity contribution in [3.8, 4) is 56.2 Å². The standard InChI is InChI=1S/C46H24F12N2/c47-43(48,49)29-17-9-25(10-18-29)37-33-5-1-3-7-35(33)41(59-39(37)27-13-21-31(22-14-27)45(53,54)55)42-36-8-4-2-6-34(36)38(26-11-19-30(20-12-26)44(50,51)52)40(60-42)28-15-23-32(24-16-28)46(56,57)58/h1-24H. The fraction of sp³-hybridized carbons (Fsp3) is 0.0870. The maximum Gasteiger partial charge on any atom is 0.416 e. The third-order valence-electron chi connectivity index (χ3n) is 10.0. The first-order valence-corrected chi connectivity index (χ1v) is 17.9. The van der Waals surface area contributed by atoms with Crippen LogP contribution in [0.1, 0.15) is 22.3 Å². The smallest absolute Gasteiger partial charge is 0.245 e. The molecule has 0 fully saturated rings. The van der Waals surface area contributed by atoms with Gasteiger partial charge in [0.2, 0.25) is 0 Å². The number of fused-ring (bicyclic) bond motifs is 2. The zero-order valence-electron chi connectivity index (χ0n) is 30.3. The maximum atomic E-state index is 13.7. The predicted octanol–water partition coefficient (Wildman–Crippen LogP) is 15.2. The molecule has 6 aromatic carbocycles. The molecule has 0 spiro atoms. The molecule has 0 radical (unpaired) electrons. The lowest BCUT2D eigenvalue weighted by Gasteiger charge is -2.20. The number of halogens is 12. The van der Waals surface area contributed by atoms with Crippen molar-refractivity contribution in [2.75, 3.05) is 0 Å². The molecule has 0 atom stereocenters. The van der Waals surface area contributed by atoms with Gasteiger partial charge in [-0.3, -0.25) is 0 Å². The van der Waals surface area contributed by atoms with Crippen LogP contribution in [0.2, 0.25) is 0 Å². The van der Waals surface area contributed by atoms with Crippen molar-refractivity contribution in [1.29, 1.82) is 0 Å². The van der Waals surface area contributed by atoms with Gasteiger partial charge in [0.15, 0.2) is 0 Å². The molecule has 8 rings (SSSR count). The lowest BCUT2D eigenvalue weighted by atomic mass is 9.89. The van der Waals surface area contributed by atoms with E-state index < -0.39 is 47.0 Å². The zero-order valence-corrected chi connectivity index (χ0v) is 30.3. The highest BCUT2D eigenvalue weighted by molar-refractivity contribution is 6.13. The predicted molar refractivity (Wildman–Crippen MR) is 204 cm³/mol. The summed E-state index contributed by atoms with van der Waals surface area (Å²) in [6.07, 6.45) is -18.7. The van der Waals surface area contributed by atoms with E-state index in [-0.39, 0.29) is 56.2 Å². The van der Waals surface area contributed by atoms with Gasteiger partial charge in [-0.05, 0) is 70.4 Å². The largest absolute Gasteiger partial charge is 0.416 e. The lowest BCUT2D eigenvalue weighted by molar-refractivity contribution is -0.138. The van der Waals surface area contributed by atoms with E-state index in [2.05, 4.69) is 0 Å². The van der Waals surface area contributed by atoms with Crippen LogP contribution in [0, 0.1) is 0 Å². The second kappa shape index (κ2) is 14.5. The van der Waals surface area contributed by atoms with Crippen molar-refractivity contribution in [3.63, 3.8) is 0 Å². The highest BCUT2D eigenvalue weighted by Gasteiger charge is 2.34. The number of rotatable bonds is 5. The van der Waals surface area contributed by atoms with Gasteiger partial charge in [-0.25, -0.2) is 9.97 Å². The van der Waals surface area contributed by atoms with E-state index in [1.54, 1.807) is 48.5 Å². The average molecular weight is 833 g/mol. The molecule has 0 aliphatic carbocycles. The first-order valence-electron chi connectivity index (χ1n) is 17.9. The molecule has 14 heteroatoms. The third kappa shape index (κ3) is 7.53. The van der Waals surface area contributed by atoms with E-state index in [0.717, 1.165) is 48.5 Å². The lowest BCUT2D eigenvalue weighted by Crippen LogP contribution is -2.06. The number of nitrogens with zero attached hydrogens (tertiary/aromatic N) is 2.